The molecule has 1 fully saturated rings. The average molecular weight is 1400 g/mol. The third-order valence-corrected chi connectivity index (χ3v) is 17.0. The van der Waals surface area contributed by atoms with Gasteiger partial charge in [-0.15, -0.1) is 0 Å². The Bertz CT molecular complexity index is 3500. The molecule has 0 spiro atoms. The fourth-order valence-corrected chi connectivity index (χ4v) is 11.3. The van der Waals surface area contributed by atoms with Crippen molar-refractivity contribution in [3.8, 4) is 23.0 Å². The predicted octanol–water partition coefficient (Wildman–Crippen LogP) is 5.29. The summed E-state index contributed by atoms with van der Waals surface area (Å²) in [4.78, 5) is 116. The van der Waals surface area contributed by atoms with E-state index in [2.05, 4.69) is 21.3 Å². The molecule has 9 rings (SSSR count). The van der Waals surface area contributed by atoms with E-state index in [4.69, 9.17) is 66.8 Å². The molecular weight excluding hydrogens is 1310 g/mol. The van der Waals surface area contributed by atoms with Gasteiger partial charge in [-0.2, -0.15) is 0 Å². The molecule has 0 bridgehead atoms. The van der Waals surface area contributed by atoms with Crippen molar-refractivity contribution in [2.75, 3.05) is 152 Å². The molecule has 3 aromatic rings. The zero-order valence-electron chi connectivity index (χ0n) is 58.0. The summed E-state index contributed by atoms with van der Waals surface area (Å²) in [7, 11) is 3.05. The van der Waals surface area contributed by atoms with Crippen molar-refractivity contribution >= 4 is 82.3 Å². The molecule has 8 amide bonds. The van der Waals surface area contributed by atoms with E-state index in [1.807, 2.05) is 30.7 Å². The number of ether oxygens (including phenoxy) is 12. The summed E-state index contributed by atoms with van der Waals surface area (Å²) in [6.45, 7) is 11.7. The van der Waals surface area contributed by atoms with Crippen molar-refractivity contribution in [2.45, 2.75) is 89.9 Å². The smallest absolute Gasteiger partial charge is 0.260 e. The molecule has 546 valence electrons. The number of methoxy groups -OCH3 is 2. The van der Waals surface area contributed by atoms with Gasteiger partial charge in [-0.1, -0.05) is 26.0 Å². The van der Waals surface area contributed by atoms with Crippen molar-refractivity contribution in [2.24, 2.45) is 21.8 Å². The minimum atomic E-state index is -0.938. The van der Waals surface area contributed by atoms with Crippen LogP contribution in [0.2, 0.25) is 0 Å². The lowest BCUT2D eigenvalue weighted by atomic mass is 10.0. The van der Waals surface area contributed by atoms with Crippen LogP contribution >= 0.6 is 0 Å². The second kappa shape index (κ2) is 39.3. The van der Waals surface area contributed by atoms with Gasteiger partial charge in [0, 0.05) is 93.6 Å². The van der Waals surface area contributed by atoms with E-state index in [1.54, 1.807) is 73.2 Å². The molecule has 29 heteroatoms. The second-order valence-electron chi connectivity index (χ2n) is 24.7. The maximum Gasteiger partial charge on any atom is 0.260 e. The summed E-state index contributed by atoms with van der Waals surface area (Å²) in [5.74, 6) is -0.819. The van der Waals surface area contributed by atoms with Gasteiger partial charge >= 0.3 is 0 Å². The van der Waals surface area contributed by atoms with Crippen LogP contribution in [0.5, 0.6) is 23.0 Å². The van der Waals surface area contributed by atoms with Crippen LogP contribution in [-0.4, -0.2) is 245 Å². The third-order valence-electron chi connectivity index (χ3n) is 17.0. The highest BCUT2D eigenvalue weighted by atomic mass is 16.6. The van der Waals surface area contributed by atoms with Crippen molar-refractivity contribution in [3.63, 3.8) is 0 Å². The molecular formula is C72H93N9O20. The van der Waals surface area contributed by atoms with Crippen molar-refractivity contribution in [1.29, 1.82) is 0 Å². The Morgan fingerprint density at radius 2 is 1.02 bits per heavy atom. The molecule has 3 aromatic carbocycles. The first-order chi connectivity index (χ1) is 49.1. The Balaban J connectivity index is 0.570. The normalized spacial score (nSPS) is 17.2. The fourth-order valence-electron chi connectivity index (χ4n) is 11.3. The van der Waals surface area contributed by atoms with E-state index >= 15 is 0 Å². The lowest BCUT2D eigenvalue weighted by Crippen LogP contribution is -2.53. The van der Waals surface area contributed by atoms with Crippen LogP contribution < -0.4 is 40.2 Å². The van der Waals surface area contributed by atoms with Crippen LogP contribution in [0.15, 0.2) is 88.6 Å². The number of carbonyl (C=O) groups excluding carboxylic acids is 8. The Morgan fingerprint density at radius 1 is 0.535 bits per heavy atom. The number of rotatable bonds is 46. The van der Waals surface area contributed by atoms with Gasteiger partial charge in [0.15, 0.2) is 23.0 Å². The van der Waals surface area contributed by atoms with Gasteiger partial charge in [0.05, 0.1) is 168 Å². The molecule has 4 atom stereocenters. The number of imide groups is 1. The lowest BCUT2D eigenvalue weighted by Gasteiger charge is -2.24. The monoisotopic (exact) mass is 1400 g/mol. The van der Waals surface area contributed by atoms with Crippen LogP contribution in [0, 0.1) is 11.8 Å². The summed E-state index contributed by atoms with van der Waals surface area (Å²) >= 11 is 0. The minimum absolute atomic E-state index is 0.0148. The Hall–Kier alpha value is -8.94. The SMILES string of the molecule is COc1cc2c(cc1OCCCOc1cc3c(cc1OC)C(=O)N1C=C(C4CC4)C[C@H]1C=N3)N=C[C@@H]1CC(c3ccc(NC(=O)[C@H](C)NC(=O)[C@H](NC(=O)CCOCCOCCOCCOCCOCCOCCOCCOCCNC(=O)CCN4C(=O)C=CC4=O)C(C)C)cc3)=CN1C2=O. The van der Waals surface area contributed by atoms with Crippen molar-refractivity contribution < 1.29 is 95.2 Å². The zero-order chi connectivity index (χ0) is 71.5. The number of nitrogens with zero attached hydrogens (tertiary/aromatic N) is 5. The summed E-state index contributed by atoms with van der Waals surface area (Å²) in [6.07, 6.45) is 14.0. The number of nitrogens with one attached hydrogen (secondary N) is 4. The first-order valence-corrected chi connectivity index (χ1v) is 34.4. The largest absolute Gasteiger partial charge is 0.493 e. The molecule has 0 radical (unpaired) electrons. The topological polar surface area (TPSA) is 330 Å². The molecule has 1 saturated carbocycles. The van der Waals surface area contributed by atoms with Crippen LogP contribution in [-0.2, 0) is 66.7 Å². The Labute approximate surface area is 587 Å². The number of hydrogen-bond acceptors (Lipinski definition) is 22. The molecule has 1 aliphatic carbocycles. The highest BCUT2D eigenvalue weighted by Crippen LogP contribution is 2.45. The van der Waals surface area contributed by atoms with E-state index in [9.17, 15) is 38.4 Å². The molecule has 6 aliphatic rings. The van der Waals surface area contributed by atoms with Crippen LogP contribution in [0.4, 0.5) is 17.1 Å². The summed E-state index contributed by atoms with van der Waals surface area (Å²) < 4.78 is 67.7. The summed E-state index contributed by atoms with van der Waals surface area (Å²) in [6, 6.07) is 11.7. The quantitative estimate of drug-likeness (QED) is 0.0412. The van der Waals surface area contributed by atoms with Gasteiger partial charge in [0.25, 0.3) is 23.6 Å². The molecule has 0 saturated heterocycles. The molecule has 29 nitrogen and oxygen atoms in total. The summed E-state index contributed by atoms with van der Waals surface area (Å²) in [5.41, 5.74) is 5.33. The number of amides is 8. The summed E-state index contributed by atoms with van der Waals surface area (Å²) in [5, 5.41) is 11.0. The Morgan fingerprint density at radius 3 is 1.51 bits per heavy atom. The molecule has 0 unspecified atom stereocenters. The van der Waals surface area contributed by atoms with Gasteiger partial charge < -0.3 is 87.9 Å². The van der Waals surface area contributed by atoms with Crippen LogP contribution in [0.1, 0.15) is 92.0 Å². The van der Waals surface area contributed by atoms with E-state index in [1.165, 1.54) is 44.8 Å². The van der Waals surface area contributed by atoms with E-state index in [-0.39, 0.29) is 87.4 Å². The number of benzene rings is 3. The molecule has 5 heterocycles. The maximum absolute atomic E-state index is 14.1. The van der Waals surface area contributed by atoms with Gasteiger partial charge in [-0.3, -0.25) is 53.2 Å². The lowest BCUT2D eigenvalue weighted by molar-refractivity contribution is -0.137. The number of anilines is 1. The number of aliphatic imine (C=N–C) groups is 2. The van der Waals surface area contributed by atoms with Crippen molar-refractivity contribution in [3.05, 3.63) is 95.3 Å². The first kappa shape index (κ1) is 76.2. The number of carbonyl (C=O) groups is 8. The van der Waals surface area contributed by atoms with Crippen molar-refractivity contribution in [1.82, 2.24) is 30.7 Å². The Kier molecular flexibility index (Phi) is 29.7. The van der Waals surface area contributed by atoms with E-state index in [0.29, 0.717) is 169 Å². The van der Waals surface area contributed by atoms with Gasteiger partial charge in [-0.05, 0) is 79.0 Å². The first-order valence-electron chi connectivity index (χ1n) is 34.4. The molecule has 5 aliphatic heterocycles. The average Bonchev–Trinajstić information content (AvgIpc) is 1.65. The van der Waals surface area contributed by atoms with E-state index < -0.39 is 35.7 Å². The molecule has 4 N–H and O–H groups in total. The van der Waals surface area contributed by atoms with Crippen LogP contribution in [0.25, 0.3) is 5.57 Å². The zero-order valence-corrected chi connectivity index (χ0v) is 58.0. The van der Waals surface area contributed by atoms with Gasteiger partial charge in [-0.25, -0.2) is 0 Å². The number of fused-ring (bicyclic) bond motifs is 4. The van der Waals surface area contributed by atoms with Crippen LogP contribution in [0.3, 0.4) is 0 Å². The van der Waals surface area contributed by atoms with E-state index in [0.717, 1.165) is 22.5 Å². The minimum Gasteiger partial charge on any atom is -0.493 e. The molecule has 101 heavy (non-hydrogen) atoms. The van der Waals surface area contributed by atoms with Gasteiger partial charge in [0.1, 0.15) is 12.1 Å². The second-order valence-corrected chi connectivity index (χ2v) is 24.7. The maximum atomic E-state index is 14.1. The highest BCUT2D eigenvalue weighted by Gasteiger charge is 2.39. The fraction of sp³-hybridized carbons (Fsp3) is 0.528. The highest BCUT2D eigenvalue weighted by molar-refractivity contribution is 6.13. The third kappa shape index (κ3) is 22.8. The number of hydrogen-bond donors (Lipinski definition) is 4. The molecule has 0 aromatic heterocycles. The van der Waals surface area contributed by atoms with Gasteiger partial charge in [0.2, 0.25) is 23.6 Å². The predicted molar refractivity (Wildman–Crippen MR) is 370 cm³/mol. The standard InChI is InChI=1S/C72H93N9O20/c1-47(2)68(78-65(83)16-21-92-23-25-94-27-29-96-31-33-98-35-36-99-34-32-97-30-28-95-26-24-93-22-17-73-64(82)15-18-79-66(84)13-14-67(79)85)70(87)76-48(3)69(86)77-53-11-9-50(10-12-53)52-38-55-44-75-59-42-63(61(91-5)40-57(59)72(89)81(55)46-52)101-20-6-19-100-62-41-58-56(39-60(62)90-4)71(88)80-45-51(49-7-8-49)37-54(80)43-74-58/h9-14,39-49,54-55,68H,6-8,15-38H2,1-5H3,(H,73,82)(H,76,87)(H,77,86)(H,78,83)/t48-,54-,55-,68+/m0/s1.